The molecular formula is C19H30N2O5. The Bertz CT molecular complexity index is 632. The Labute approximate surface area is 154 Å². The maximum atomic E-state index is 12.2. The monoisotopic (exact) mass is 366 g/mol. The highest BCUT2D eigenvalue weighted by Gasteiger charge is 2.37. The lowest BCUT2D eigenvalue weighted by molar-refractivity contribution is -0.138. The van der Waals surface area contributed by atoms with Gasteiger partial charge in [-0.15, -0.1) is 0 Å². The number of para-hydroxylation sites is 2. The zero-order valence-electron chi connectivity index (χ0n) is 16.3. The number of hydrogen-bond acceptors (Lipinski definition) is 5. The number of benzene rings is 1. The quantitative estimate of drug-likeness (QED) is 0.665. The van der Waals surface area contributed by atoms with Crippen LogP contribution in [0.1, 0.15) is 48.0 Å². The summed E-state index contributed by atoms with van der Waals surface area (Å²) in [5.41, 5.74) is 5.21. The number of ether oxygens (including phenoxy) is 2. The van der Waals surface area contributed by atoms with Gasteiger partial charge in [0.15, 0.2) is 0 Å². The van der Waals surface area contributed by atoms with E-state index in [1.165, 1.54) is 0 Å². The van der Waals surface area contributed by atoms with Crippen LogP contribution in [-0.4, -0.2) is 34.9 Å². The van der Waals surface area contributed by atoms with Gasteiger partial charge in [-0.25, -0.2) is 4.79 Å². The number of anilines is 1. The van der Waals surface area contributed by atoms with Gasteiger partial charge in [-0.1, -0.05) is 32.9 Å². The molecule has 1 aromatic rings. The summed E-state index contributed by atoms with van der Waals surface area (Å²) in [6, 6.07) is 6.16. The number of nitrogen functional groups attached to an aromatic ring is 1. The van der Waals surface area contributed by atoms with Crippen LogP contribution in [0.2, 0.25) is 0 Å². The van der Waals surface area contributed by atoms with Crippen molar-refractivity contribution >= 4 is 17.7 Å². The van der Waals surface area contributed by atoms with Crippen LogP contribution in [0.25, 0.3) is 0 Å². The molecule has 0 spiro atoms. The van der Waals surface area contributed by atoms with E-state index in [0.29, 0.717) is 11.4 Å². The molecule has 0 aliphatic carbocycles. The van der Waals surface area contributed by atoms with Crippen molar-refractivity contribution in [2.45, 2.75) is 65.7 Å². The Balaban J connectivity index is 3.11. The van der Waals surface area contributed by atoms with E-state index in [1.807, 2.05) is 20.8 Å². The van der Waals surface area contributed by atoms with Gasteiger partial charge in [-0.3, -0.25) is 4.79 Å². The van der Waals surface area contributed by atoms with Crippen LogP contribution in [0, 0.1) is 5.41 Å². The largest absolute Gasteiger partial charge is 0.486 e. The molecule has 0 fully saturated rings. The third-order valence-electron chi connectivity index (χ3n) is 3.49. The van der Waals surface area contributed by atoms with Crippen molar-refractivity contribution in [1.82, 2.24) is 5.32 Å². The Morgan fingerprint density at radius 3 is 2.19 bits per heavy atom. The first-order valence-electron chi connectivity index (χ1n) is 8.52. The van der Waals surface area contributed by atoms with Crippen LogP contribution >= 0.6 is 0 Å². The number of carbonyl (C=O) groups excluding carboxylic acids is 1. The lowest BCUT2D eigenvalue weighted by Gasteiger charge is -2.37. The number of nitrogens with two attached hydrogens (primary N) is 1. The molecule has 1 rings (SSSR count). The van der Waals surface area contributed by atoms with Crippen molar-refractivity contribution in [2.24, 2.45) is 5.41 Å². The van der Waals surface area contributed by atoms with Crippen LogP contribution in [0.15, 0.2) is 24.3 Å². The minimum atomic E-state index is -1.05. The summed E-state index contributed by atoms with van der Waals surface area (Å²) in [5, 5.41) is 11.9. The van der Waals surface area contributed by atoms with Crippen molar-refractivity contribution in [3.05, 3.63) is 24.3 Å². The molecule has 26 heavy (non-hydrogen) atoms. The van der Waals surface area contributed by atoms with Crippen LogP contribution < -0.4 is 15.8 Å². The van der Waals surface area contributed by atoms with E-state index >= 15 is 0 Å². The molecule has 2 atom stereocenters. The predicted molar refractivity (Wildman–Crippen MR) is 100 cm³/mol. The minimum Gasteiger partial charge on any atom is -0.486 e. The molecule has 146 valence electrons. The highest BCUT2D eigenvalue weighted by Crippen LogP contribution is 2.31. The predicted octanol–water partition coefficient (Wildman–Crippen LogP) is 3.43. The van der Waals surface area contributed by atoms with E-state index in [1.54, 1.807) is 45.0 Å². The van der Waals surface area contributed by atoms with Gasteiger partial charge in [0.1, 0.15) is 17.5 Å². The van der Waals surface area contributed by atoms with Crippen molar-refractivity contribution in [3.63, 3.8) is 0 Å². The molecule has 0 radical (unpaired) electrons. The minimum absolute atomic E-state index is 0.312. The zero-order valence-corrected chi connectivity index (χ0v) is 16.3. The van der Waals surface area contributed by atoms with E-state index in [9.17, 15) is 14.7 Å². The number of carboxylic acid groups (broad SMARTS) is 1. The molecule has 0 saturated carbocycles. The van der Waals surface area contributed by atoms with Crippen molar-refractivity contribution < 1.29 is 24.2 Å². The van der Waals surface area contributed by atoms with Crippen LogP contribution in [0.5, 0.6) is 5.75 Å². The number of carbonyl (C=O) groups is 2. The SMILES string of the molecule is CC(C)(C)OC(=O)N[C@@H](CC(=O)O)C(Oc1ccccc1N)C(C)(C)C. The standard InChI is InChI=1S/C19H30N2O5/c1-18(2,3)16(25-14-10-8-7-9-12(14)20)13(11-15(22)23)21-17(24)26-19(4,5)6/h7-10,13,16H,11,20H2,1-6H3,(H,21,24)(H,22,23)/t13-,16?/m0/s1. The van der Waals surface area contributed by atoms with Gasteiger partial charge in [-0.2, -0.15) is 0 Å². The maximum absolute atomic E-state index is 12.2. The topological polar surface area (TPSA) is 111 Å². The number of hydrogen-bond donors (Lipinski definition) is 3. The number of rotatable bonds is 6. The summed E-state index contributed by atoms with van der Waals surface area (Å²) in [7, 11) is 0. The van der Waals surface area contributed by atoms with Crippen LogP contribution in [-0.2, 0) is 9.53 Å². The highest BCUT2D eigenvalue weighted by atomic mass is 16.6. The average molecular weight is 366 g/mol. The Morgan fingerprint density at radius 1 is 1.15 bits per heavy atom. The summed E-state index contributed by atoms with van der Waals surface area (Å²) >= 11 is 0. The molecule has 0 aromatic heterocycles. The van der Waals surface area contributed by atoms with Gasteiger partial charge >= 0.3 is 12.1 Å². The number of carboxylic acids is 1. The van der Waals surface area contributed by atoms with E-state index in [-0.39, 0.29) is 6.42 Å². The van der Waals surface area contributed by atoms with Crippen molar-refractivity contribution in [3.8, 4) is 5.75 Å². The van der Waals surface area contributed by atoms with Crippen molar-refractivity contribution in [1.29, 1.82) is 0 Å². The fourth-order valence-corrected chi connectivity index (χ4v) is 2.47. The Morgan fingerprint density at radius 2 is 1.73 bits per heavy atom. The van der Waals surface area contributed by atoms with Gasteiger partial charge in [0.25, 0.3) is 0 Å². The molecular weight excluding hydrogens is 336 g/mol. The first kappa shape index (κ1) is 21.6. The smallest absolute Gasteiger partial charge is 0.408 e. The number of aliphatic carboxylic acids is 1. The van der Waals surface area contributed by atoms with Crippen molar-refractivity contribution in [2.75, 3.05) is 5.73 Å². The van der Waals surface area contributed by atoms with Gasteiger partial charge in [-0.05, 0) is 32.9 Å². The van der Waals surface area contributed by atoms with E-state index in [0.717, 1.165) is 0 Å². The lowest BCUT2D eigenvalue weighted by Crippen LogP contribution is -2.53. The number of alkyl carbamates (subject to hydrolysis) is 1. The molecule has 1 unspecified atom stereocenters. The summed E-state index contributed by atoms with van der Waals surface area (Å²) in [6.07, 6.45) is -1.65. The maximum Gasteiger partial charge on any atom is 0.408 e. The summed E-state index contributed by atoms with van der Waals surface area (Å²) in [6.45, 7) is 10.9. The molecule has 0 bridgehead atoms. The van der Waals surface area contributed by atoms with Gasteiger partial charge in [0.2, 0.25) is 0 Å². The normalized spacial score (nSPS) is 14.2. The molecule has 0 saturated heterocycles. The second-order valence-corrected chi connectivity index (χ2v) is 8.29. The molecule has 1 aromatic carbocycles. The first-order chi connectivity index (χ1) is 11.8. The summed E-state index contributed by atoms with van der Waals surface area (Å²) < 4.78 is 11.3. The fraction of sp³-hybridized carbons (Fsp3) is 0.579. The van der Waals surface area contributed by atoms with E-state index < -0.39 is 35.2 Å². The summed E-state index contributed by atoms with van der Waals surface area (Å²) in [4.78, 5) is 23.5. The molecule has 4 N–H and O–H groups in total. The Kier molecular flexibility index (Phi) is 6.89. The van der Waals surface area contributed by atoms with Gasteiger partial charge in [0, 0.05) is 5.41 Å². The summed E-state index contributed by atoms with van der Waals surface area (Å²) in [5.74, 6) is -0.612. The highest BCUT2D eigenvalue weighted by molar-refractivity contribution is 5.72. The molecule has 7 nitrogen and oxygen atoms in total. The molecule has 0 aliphatic heterocycles. The van der Waals surface area contributed by atoms with E-state index in [4.69, 9.17) is 15.2 Å². The van der Waals surface area contributed by atoms with E-state index in [2.05, 4.69) is 5.32 Å². The third kappa shape index (κ3) is 7.21. The second-order valence-electron chi connectivity index (χ2n) is 8.29. The first-order valence-corrected chi connectivity index (χ1v) is 8.52. The molecule has 0 heterocycles. The number of amides is 1. The van der Waals surface area contributed by atoms with Crippen LogP contribution in [0.4, 0.5) is 10.5 Å². The molecule has 7 heteroatoms. The van der Waals surface area contributed by atoms with Gasteiger partial charge in [0.05, 0.1) is 18.2 Å². The zero-order chi connectivity index (χ0) is 20.1. The van der Waals surface area contributed by atoms with Crippen LogP contribution in [0.3, 0.4) is 0 Å². The number of nitrogens with one attached hydrogen (secondary N) is 1. The lowest BCUT2D eigenvalue weighted by atomic mass is 9.83. The molecule has 0 aliphatic rings. The van der Waals surface area contributed by atoms with Gasteiger partial charge < -0.3 is 25.6 Å². The third-order valence-corrected chi connectivity index (χ3v) is 3.49. The average Bonchev–Trinajstić information content (AvgIpc) is 2.41. The Hall–Kier alpha value is -2.44. The fourth-order valence-electron chi connectivity index (χ4n) is 2.47. The molecule has 1 amide bonds. The second kappa shape index (κ2) is 8.29.